The molecule has 0 amide bonds. The van der Waals surface area contributed by atoms with Crippen molar-refractivity contribution in [2.24, 2.45) is 4.99 Å². The molecule has 0 aromatic heterocycles. The molecule has 0 spiro atoms. The number of nitrogens with zero attached hydrogens (tertiary/aromatic N) is 2. The summed E-state index contributed by atoms with van der Waals surface area (Å²) in [6.45, 7) is 5.93. The maximum absolute atomic E-state index is 5.92. The van der Waals surface area contributed by atoms with E-state index in [1.165, 1.54) is 16.7 Å². The molecule has 23 heavy (non-hydrogen) atoms. The monoisotopic (exact) mass is 308 g/mol. The van der Waals surface area contributed by atoms with Crippen LogP contribution in [0, 0.1) is 6.92 Å². The van der Waals surface area contributed by atoms with E-state index in [-0.39, 0.29) is 0 Å². The van der Waals surface area contributed by atoms with Gasteiger partial charge in [-0.25, -0.2) is 4.99 Å². The third-order valence-corrected chi connectivity index (χ3v) is 4.46. The second-order valence-electron chi connectivity index (χ2n) is 6.09. The van der Waals surface area contributed by atoms with Crippen LogP contribution >= 0.6 is 0 Å². The molecule has 3 nitrogen and oxygen atoms in total. The molecular formula is C20H24N2O. The quantitative estimate of drug-likeness (QED) is 0.613. The van der Waals surface area contributed by atoms with Crippen molar-refractivity contribution < 1.29 is 4.74 Å². The average molecular weight is 308 g/mol. The molecule has 0 bridgehead atoms. The molecule has 0 radical (unpaired) electrons. The van der Waals surface area contributed by atoms with E-state index in [2.05, 4.69) is 66.2 Å². The van der Waals surface area contributed by atoms with E-state index in [0.717, 1.165) is 31.0 Å². The molecule has 0 saturated heterocycles. The lowest BCUT2D eigenvalue weighted by Crippen LogP contribution is -2.16. The van der Waals surface area contributed by atoms with Gasteiger partial charge in [-0.3, -0.25) is 0 Å². The summed E-state index contributed by atoms with van der Waals surface area (Å²) in [5.41, 5.74) is 4.81. The summed E-state index contributed by atoms with van der Waals surface area (Å²) in [4.78, 5) is 6.67. The fraction of sp³-hybridized carbons (Fsp3) is 0.350. The Kier molecular flexibility index (Phi) is 4.65. The van der Waals surface area contributed by atoms with Gasteiger partial charge in [0.15, 0.2) is 0 Å². The molecular weight excluding hydrogens is 284 g/mol. The van der Waals surface area contributed by atoms with Gasteiger partial charge in [-0.2, -0.15) is 0 Å². The van der Waals surface area contributed by atoms with E-state index in [1.54, 1.807) is 0 Å². The highest BCUT2D eigenvalue weighted by Crippen LogP contribution is 2.41. The summed E-state index contributed by atoms with van der Waals surface area (Å²) >= 11 is 0. The van der Waals surface area contributed by atoms with Crippen LogP contribution in [0.15, 0.2) is 47.5 Å². The van der Waals surface area contributed by atoms with Crippen molar-refractivity contribution in [2.45, 2.75) is 26.2 Å². The van der Waals surface area contributed by atoms with Crippen LogP contribution in [-0.4, -0.2) is 31.4 Å². The van der Waals surface area contributed by atoms with Crippen LogP contribution in [-0.2, 0) is 0 Å². The first-order chi connectivity index (χ1) is 11.2. The van der Waals surface area contributed by atoms with Crippen LogP contribution in [0.1, 0.15) is 36.0 Å². The number of ether oxygens (including phenoxy) is 1. The molecule has 0 N–H and O–H groups in total. The van der Waals surface area contributed by atoms with Crippen molar-refractivity contribution >= 4 is 12.0 Å². The Labute approximate surface area is 138 Å². The lowest BCUT2D eigenvalue weighted by Gasteiger charge is -2.27. The van der Waals surface area contributed by atoms with Crippen molar-refractivity contribution in [2.75, 3.05) is 20.2 Å². The first-order valence-corrected chi connectivity index (χ1v) is 8.25. The van der Waals surface area contributed by atoms with Crippen LogP contribution in [0.25, 0.3) is 0 Å². The number of benzene rings is 2. The molecule has 0 aliphatic carbocycles. The zero-order valence-electron chi connectivity index (χ0n) is 14.1. The van der Waals surface area contributed by atoms with Crippen LogP contribution in [0.3, 0.4) is 0 Å². The van der Waals surface area contributed by atoms with Gasteiger partial charge in [0.1, 0.15) is 5.75 Å². The van der Waals surface area contributed by atoms with E-state index in [9.17, 15) is 0 Å². The minimum atomic E-state index is 0.412. The normalized spacial score (nSPS) is 16.9. The van der Waals surface area contributed by atoms with Gasteiger partial charge in [0, 0.05) is 31.1 Å². The molecule has 120 valence electrons. The van der Waals surface area contributed by atoms with E-state index < -0.39 is 0 Å². The summed E-state index contributed by atoms with van der Waals surface area (Å²) in [6.07, 6.45) is 2.91. The molecule has 2 aromatic carbocycles. The highest BCUT2D eigenvalue weighted by Gasteiger charge is 2.24. The van der Waals surface area contributed by atoms with Crippen molar-refractivity contribution in [3.63, 3.8) is 0 Å². The third-order valence-electron chi connectivity index (χ3n) is 4.46. The second kappa shape index (κ2) is 6.86. The number of hydrogen-bond donors (Lipinski definition) is 0. The summed E-state index contributed by atoms with van der Waals surface area (Å²) < 4.78 is 5.92. The van der Waals surface area contributed by atoms with Crippen LogP contribution in [0.2, 0.25) is 0 Å². The van der Waals surface area contributed by atoms with Crippen LogP contribution < -0.4 is 4.74 Å². The fourth-order valence-electron chi connectivity index (χ4n) is 2.95. The predicted molar refractivity (Wildman–Crippen MR) is 96.0 cm³/mol. The van der Waals surface area contributed by atoms with Gasteiger partial charge in [0.2, 0.25) is 0 Å². The van der Waals surface area contributed by atoms with E-state index >= 15 is 0 Å². The van der Waals surface area contributed by atoms with Gasteiger partial charge in [0.25, 0.3) is 0 Å². The smallest absolute Gasteiger partial charge is 0.125 e. The summed E-state index contributed by atoms with van der Waals surface area (Å²) in [6, 6.07) is 15.0. The van der Waals surface area contributed by atoms with Crippen LogP contribution in [0.5, 0.6) is 5.75 Å². The van der Waals surface area contributed by atoms with Gasteiger partial charge in [-0.15, -0.1) is 0 Å². The standard InChI is InChI=1S/C20H24N2O/c1-4-22(3)14-21-19-13-20-18(12-15(19)2)17(10-11-23-20)16-8-6-5-7-9-16/h5-9,12-14,17H,4,10-11H2,1-3H3. The fourth-order valence-corrected chi connectivity index (χ4v) is 2.95. The van der Waals surface area contributed by atoms with Gasteiger partial charge < -0.3 is 9.64 Å². The lowest BCUT2D eigenvalue weighted by atomic mass is 9.86. The Balaban J connectivity index is 1.96. The highest BCUT2D eigenvalue weighted by atomic mass is 16.5. The Bertz CT molecular complexity index is 694. The summed E-state index contributed by atoms with van der Waals surface area (Å²) in [5.74, 6) is 1.39. The van der Waals surface area contributed by atoms with Crippen molar-refractivity contribution in [1.82, 2.24) is 4.90 Å². The molecule has 3 heteroatoms. The molecule has 1 atom stereocenters. The Morgan fingerprint density at radius 2 is 2.04 bits per heavy atom. The number of hydrogen-bond acceptors (Lipinski definition) is 2. The zero-order valence-corrected chi connectivity index (χ0v) is 14.1. The van der Waals surface area contributed by atoms with E-state index in [1.807, 2.05) is 13.4 Å². The predicted octanol–water partition coefficient (Wildman–Crippen LogP) is 4.52. The number of aryl methyl sites for hydroxylation is 1. The summed E-state index contributed by atoms with van der Waals surface area (Å²) in [7, 11) is 2.03. The highest BCUT2D eigenvalue weighted by molar-refractivity contribution is 5.65. The zero-order chi connectivity index (χ0) is 16.2. The largest absolute Gasteiger partial charge is 0.493 e. The van der Waals surface area contributed by atoms with Gasteiger partial charge in [0.05, 0.1) is 18.6 Å². The third kappa shape index (κ3) is 3.39. The minimum Gasteiger partial charge on any atom is -0.493 e. The molecule has 1 heterocycles. The van der Waals surface area contributed by atoms with Crippen molar-refractivity contribution in [3.05, 3.63) is 59.2 Å². The van der Waals surface area contributed by atoms with Crippen LogP contribution in [0.4, 0.5) is 5.69 Å². The molecule has 1 aliphatic heterocycles. The number of rotatable bonds is 4. The lowest BCUT2D eigenvalue weighted by molar-refractivity contribution is 0.277. The maximum Gasteiger partial charge on any atom is 0.125 e. The second-order valence-corrected chi connectivity index (χ2v) is 6.09. The van der Waals surface area contributed by atoms with Crippen molar-refractivity contribution in [1.29, 1.82) is 0 Å². The minimum absolute atomic E-state index is 0.412. The summed E-state index contributed by atoms with van der Waals surface area (Å²) in [5, 5.41) is 0. The number of aliphatic imine (C=N–C) groups is 1. The van der Waals surface area contributed by atoms with Gasteiger partial charge >= 0.3 is 0 Å². The molecule has 0 saturated carbocycles. The first kappa shape index (κ1) is 15.6. The topological polar surface area (TPSA) is 24.8 Å². The van der Waals surface area contributed by atoms with E-state index in [0.29, 0.717) is 5.92 Å². The molecule has 1 aliphatic rings. The Hall–Kier alpha value is -2.29. The number of fused-ring (bicyclic) bond motifs is 1. The van der Waals surface area contributed by atoms with Gasteiger partial charge in [-0.1, -0.05) is 30.3 Å². The molecule has 1 unspecified atom stereocenters. The first-order valence-electron chi connectivity index (χ1n) is 8.25. The average Bonchev–Trinajstić information content (AvgIpc) is 2.60. The molecule has 2 aromatic rings. The SMILES string of the molecule is CCN(C)C=Nc1cc2c(cc1C)C(c1ccccc1)CCO2. The Morgan fingerprint density at radius 3 is 2.78 bits per heavy atom. The maximum atomic E-state index is 5.92. The molecule has 0 fully saturated rings. The van der Waals surface area contributed by atoms with Gasteiger partial charge in [-0.05, 0) is 37.5 Å². The Morgan fingerprint density at radius 1 is 1.26 bits per heavy atom. The molecule has 3 rings (SSSR count). The van der Waals surface area contributed by atoms with Crippen molar-refractivity contribution in [3.8, 4) is 5.75 Å². The van der Waals surface area contributed by atoms with E-state index in [4.69, 9.17) is 4.74 Å².